The molecule has 6 nitrogen and oxygen atoms in total. The van der Waals surface area contributed by atoms with Crippen molar-refractivity contribution in [1.82, 2.24) is 5.32 Å². The Kier molecular flexibility index (Phi) is 19.8. The predicted molar refractivity (Wildman–Crippen MR) is 138 cm³/mol. The molecule has 2 aromatic rings. The number of amides is 1. The molecule has 0 radical (unpaired) electrons. The molecule has 2 aromatic carbocycles. The second kappa shape index (κ2) is 19.8. The number of aliphatic hydroxyl groups is 2. The van der Waals surface area contributed by atoms with Crippen LogP contribution in [0, 0.1) is 6.92 Å². The van der Waals surface area contributed by atoms with E-state index in [4.69, 9.17) is 33.4 Å². The number of hydrogen-bond acceptors (Lipinski definition) is 3. The molecule has 1 amide bonds. The van der Waals surface area contributed by atoms with Crippen molar-refractivity contribution in [3.8, 4) is 0 Å². The van der Waals surface area contributed by atoms with Gasteiger partial charge in [0, 0.05) is 23.0 Å². The van der Waals surface area contributed by atoms with E-state index >= 15 is 0 Å². The summed E-state index contributed by atoms with van der Waals surface area (Å²) < 4.78 is 0. The Labute approximate surface area is 204 Å². The second-order valence-corrected chi connectivity index (χ2v) is 7.66. The van der Waals surface area contributed by atoms with Crippen LogP contribution in [0.1, 0.15) is 30.9 Å². The van der Waals surface area contributed by atoms with E-state index in [1.54, 1.807) is 0 Å². The van der Waals surface area contributed by atoms with E-state index < -0.39 is 10.3 Å². The fourth-order valence-electron chi connectivity index (χ4n) is 1.85. The standard InChI is InChI=1S/C12H16ClNO.C7H7Cl.2CH3NOS/c1-2-3-12(15)14-9-8-10-4-6-11(13)7-5-10;1-6-2-4-7(8)5-3-6;2*2-1(3)4/h4-7H,2-3,8-9H2,1H3,(H,14,15);2-5H,1H3;2*(H3,2,3,4). The van der Waals surface area contributed by atoms with E-state index in [1.165, 1.54) is 11.1 Å². The summed E-state index contributed by atoms with van der Waals surface area (Å²) in [5, 5.41) is 18.6. The Balaban J connectivity index is 0. The van der Waals surface area contributed by atoms with Crippen LogP contribution >= 0.6 is 47.6 Å². The van der Waals surface area contributed by atoms with Crippen molar-refractivity contribution < 1.29 is 15.0 Å². The smallest absolute Gasteiger partial charge is 0.251 e. The number of thiocarbonyl (C=S) groups is 2. The highest BCUT2D eigenvalue weighted by Gasteiger charge is 1.98. The van der Waals surface area contributed by atoms with Gasteiger partial charge < -0.3 is 27.0 Å². The Morgan fingerprint density at radius 3 is 1.68 bits per heavy atom. The maximum atomic E-state index is 11.2. The average Bonchev–Trinajstić information content (AvgIpc) is 2.66. The highest BCUT2D eigenvalue weighted by molar-refractivity contribution is 7.80. The molecule has 10 heteroatoms. The minimum Gasteiger partial charge on any atom is -0.487 e. The van der Waals surface area contributed by atoms with E-state index in [1.807, 2.05) is 62.4 Å². The molecule has 0 saturated heterocycles. The van der Waals surface area contributed by atoms with Gasteiger partial charge in [0.25, 0.3) is 10.3 Å². The number of aliphatic hydroxyl groups excluding tert-OH is 2. The van der Waals surface area contributed by atoms with E-state index in [9.17, 15) is 4.79 Å². The number of halogens is 2. The first-order valence-corrected chi connectivity index (χ1v) is 10.7. The van der Waals surface area contributed by atoms with Gasteiger partial charge in [0.15, 0.2) is 0 Å². The number of benzene rings is 2. The zero-order valence-electron chi connectivity index (χ0n) is 17.5. The summed E-state index contributed by atoms with van der Waals surface area (Å²) in [6.07, 6.45) is 2.36. The predicted octanol–water partition coefficient (Wildman–Crippen LogP) is 5.02. The second-order valence-electron chi connectivity index (χ2n) is 5.95. The summed E-state index contributed by atoms with van der Waals surface area (Å²) in [5.74, 6) is 0.131. The molecule has 7 N–H and O–H groups in total. The van der Waals surface area contributed by atoms with Crippen LogP contribution in [0.25, 0.3) is 0 Å². The van der Waals surface area contributed by atoms with Crippen molar-refractivity contribution in [3.63, 3.8) is 0 Å². The van der Waals surface area contributed by atoms with Crippen LogP contribution in [0.2, 0.25) is 10.0 Å². The lowest BCUT2D eigenvalue weighted by Crippen LogP contribution is -2.25. The van der Waals surface area contributed by atoms with Crippen LogP contribution in [0.3, 0.4) is 0 Å². The third-order valence-electron chi connectivity index (χ3n) is 3.14. The largest absolute Gasteiger partial charge is 0.487 e. The third-order valence-corrected chi connectivity index (χ3v) is 3.64. The molecule has 0 saturated carbocycles. The molecule has 31 heavy (non-hydrogen) atoms. The van der Waals surface area contributed by atoms with E-state index in [-0.39, 0.29) is 5.91 Å². The molecule has 0 bridgehead atoms. The van der Waals surface area contributed by atoms with Gasteiger partial charge in [0.1, 0.15) is 0 Å². The van der Waals surface area contributed by atoms with Gasteiger partial charge >= 0.3 is 0 Å². The van der Waals surface area contributed by atoms with Gasteiger partial charge in [0.05, 0.1) is 0 Å². The number of rotatable bonds is 5. The molecule has 0 aliphatic heterocycles. The number of hydrogen-bond donors (Lipinski definition) is 5. The fourth-order valence-corrected chi connectivity index (χ4v) is 2.10. The summed E-state index contributed by atoms with van der Waals surface area (Å²) in [4.78, 5) is 11.2. The van der Waals surface area contributed by atoms with Crippen molar-refractivity contribution in [2.45, 2.75) is 33.1 Å². The molecule has 0 unspecified atom stereocenters. The van der Waals surface area contributed by atoms with Crippen LogP contribution in [0.15, 0.2) is 48.5 Å². The first kappa shape index (κ1) is 31.1. The van der Waals surface area contributed by atoms with E-state index in [2.05, 4.69) is 41.2 Å². The quantitative estimate of drug-likeness (QED) is 0.361. The zero-order valence-corrected chi connectivity index (χ0v) is 20.6. The van der Waals surface area contributed by atoms with Gasteiger partial charge in [-0.3, -0.25) is 4.79 Å². The zero-order chi connectivity index (χ0) is 24.2. The SMILES string of the molecule is CCCC(=O)NCCc1ccc(Cl)cc1.Cc1ccc(Cl)cc1.NC(O)=S.NC(O)=S. The number of nitrogens with two attached hydrogens (primary N) is 2. The van der Waals surface area contributed by atoms with Crippen LogP contribution in [-0.2, 0) is 11.2 Å². The van der Waals surface area contributed by atoms with Gasteiger partial charge in [-0.1, -0.05) is 60.0 Å². The van der Waals surface area contributed by atoms with Crippen LogP contribution in [0.4, 0.5) is 0 Å². The topological polar surface area (TPSA) is 122 Å². The van der Waals surface area contributed by atoms with Crippen molar-refractivity contribution >= 4 is 63.9 Å². The molecule has 0 aliphatic carbocycles. The minimum atomic E-state index is -0.500. The number of nitrogens with one attached hydrogen (secondary N) is 1. The minimum absolute atomic E-state index is 0.131. The number of carbonyl (C=O) groups excluding carboxylic acids is 1. The van der Waals surface area contributed by atoms with Crippen LogP contribution in [-0.4, -0.2) is 33.0 Å². The first-order chi connectivity index (χ1) is 14.5. The van der Waals surface area contributed by atoms with Crippen LogP contribution in [0.5, 0.6) is 0 Å². The van der Waals surface area contributed by atoms with Gasteiger partial charge in [-0.15, -0.1) is 0 Å². The maximum Gasteiger partial charge on any atom is 0.251 e. The van der Waals surface area contributed by atoms with Gasteiger partial charge in [-0.25, -0.2) is 0 Å². The summed E-state index contributed by atoms with van der Waals surface area (Å²) in [7, 11) is 0. The Morgan fingerprint density at radius 2 is 1.32 bits per heavy atom. The summed E-state index contributed by atoms with van der Waals surface area (Å²) >= 11 is 19.1. The molecular weight excluding hydrogens is 477 g/mol. The number of carbonyl (C=O) groups is 1. The van der Waals surface area contributed by atoms with E-state index in [0.717, 1.165) is 22.9 Å². The van der Waals surface area contributed by atoms with Crippen molar-refractivity contribution in [3.05, 3.63) is 69.7 Å². The molecule has 0 aliphatic rings. The van der Waals surface area contributed by atoms with E-state index in [0.29, 0.717) is 13.0 Å². The maximum absolute atomic E-state index is 11.2. The molecule has 0 heterocycles. The normalized spacial score (nSPS) is 8.77. The lowest BCUT2D eigenvalue weighted by Gasteiger charge is -2.04. The average molecular weight is 507 g/mol. The Bertz CT molecular complexity index is 733. The summed E-state index contributed by atoms with van der Waals surface area (Å²) in [5.41, 5.74) is 11.2. The highest BCUT2D eigenvalue weighted by atomic mass is 35.5. The fraction of sp³-hybridized carbons (Fsp3) is 0.286. The molecule has 0 atom stereocenters. The monoisotopic (exact) mass is 505 g/mol. The van der Waals surface area contributed by atoms with Gasteiger partial charge in [-0.05, 0) is 74.0 Å². The first-order valence-electron chi connectivity index (χ1n) is 9.18. The van der Waals surface area contributed by atoms with Crippen molar-refractivity contribution in [2.75, 3.05) is 6.54 Å². The number of aryl methyl sites for hydroxylation is 1. The lowest BCUT2D eigenvalue weighted by molar-refractivity contribution is -0.121. The lowest BCUT2D eigenvalue weighted by atomic mass is 10.1. The van der Waals surface area contributed by atoms with Crippen LogP contribution < -0.4 is 16.8 Å². The van der Waals surface area contributed by atoms with Gasteiger partial charge in [0.2, 0.25) is 5.91 Å². The van der Waals surface area contributed by atoms with Gasteiger partial charge in [-0.2, -0.15) is 0 Å². The molecule has 2 rings (SSSR count). The molecule has 0 fully saturated rings. The van der Waals surface area contributed by atoms with Crippen molar-refractivity contribution in [1.29, 1.82) is 0 Å². The third kappa shape index (κ3) is 25.8. The molecular formula is C21H29Cl2N3O3S2. The molecule has 0 spiro atoms. The summed E-state index contributed by atoms with van der Waals surface area (Å²) in [6.45, 7) is 4.73. The Hall–Kier alpha value is -2.13. The molecule has 172 valence electrons. The van der Waals surface area contributed by atoms with Crippen molar-refractivity contribution in [2.24, 2.45) is 11.5 Å². The summed E-state index contributed by atoms with van der Waals surface area (Å²) in [6, 6.07) is 15.4. The Morgan fingerprint density at radius 1 is 0.935 bits per heavy atom. The highest BCUT2D eigenvalue weighted by Crippen LogP contribution is 2.09. The molecule has 0 aromatic heterocycles.